The maximum atomic E-state index is 14.6. The van der Waals surface area contributed by atoms with Gasteiger partial charge in [0.15, 0.2) is 0 Å². The van der Waals surface area contributed by atoms with Crippen LogP contribution in [0.3, 0.4) is 0 Å². The first kappa shape index (κ1) is 24.1. The number of carbonyl (C=O) groups excluding carboxylic acids is 1. The molecule has 1 saturated carbocycles. The van der Waals surface area contributed by atoms with Gasteiger partial charge in [-0.15, -0.1) is 0 Å². The van der Waals surface area contributed by atoms with Gasteiger partial charge in [-0.25, -0.2) is 4.39 Å². The van der Waals surface area contributed by atoms with Crippen molar-refractivity contribution in [3.8, 4) is 16.9 Å². The Morgan fingerprint density at radius 2 is 1.91 bits per heavy atom. The Bertz CT molecular complexity index is 1240. The maximum absolute atomic E-state index is 14.6. The van der Waals surface area contributed by atoms with E-state index in [-0.39, 0.29) is 10.6 Å². The van der Waals surface area contributed by atoms with E-state index in [0.29, 0.717) is 45.8 Å². The number of ether oxygens (including phenoxy) is 1. The van der Waals surface area contributed by atoms with Crippen LogP contribution in [0.1, 0.15) is 35.2 Å². The van der Waals surface area contributed by atoms with Crippen molar-refractivity contribution in [3.05, 3.63) is 88.2 Å². The Labute approximate surface area is 208 Å². The molecule has 34 heavy (non-hydrogen) atoms. The highest BCUT2D eigenvalue weighted by Crippen LogP contribution is 2.40. The number of amides is 1. The average molecular weight is 499 g/mol. The molecule has 0 atom stereocenters. The van der Waals surface area contributed by atoms with Crippen molar-refractivity contribution in [2.75, 3.05) is 18.6 Å². The first-order valence-electron chi connectivity index (χ1n) is 11.0. The summed E-state index contributed by atoms with van der Waals surface area (Å²) in [5.74, 6) is 0.313. The number of carbonyl (C=O) groups is 1. The van der Waals surface area contributed by atoms with Crippen LogP contribution >= 0.6 is 23.2 Å². The molecule has 2 N–H and O–H groups in total. The van der Waals surface area contributed by atoms with E-state index < -0.39 is 11.7 Å². The van der Waals surface area contributed by atoms with Crippen LogP contribution in [0.15, 0.2) is 61.2 Å². The van der Waals surface area contributed by atoms with Crippen molar-refractivity contribution in [1.29, 1.82) is 0 Å². The summed E-state index contributed by atoms with van der Waals surface area (Å²) in [6, 6.07) is 15.0. The van der Waals surface area contributed by atoms with E-state index in [4.69, 9.17) is 33.7 Å². The Balaban J connectivity index is 1.72. The summed E-state index contributed by atoms with van der Waals surface area (Å²) in [4.78, 5) is 13.4. The van der Waals surface area contributed by atoms with Gasteiger partial charge in [-0.3, -0.25) is 4.79 Å². The molecular formula is C27H25Cl2FN2O2. The number of nitrogens with two attached hydrogens (primary N) is 1. The van der Waals surface area contributed by atoms with E-state index in [2.05, 4.69) is 6.58 Å². The fraction of sp³-hybridized carbons (Fsp3) is 0.222. The molecule has 7 heteroatoms. The lowest BCUT2D eigenvalue weighted by Crippen LogP contribution is -2.17. The van der Waals surface area contributed by atoms with Crippen molar-refractivity contribution in [3.63, 3.8) is 0 Å². The molecule has 0 spiro atoms. The number of hydrogen-bond acceptors (Lipinski definition) is 3. The molecule has 3 aromatic rings. The van der Waals surface area contributed by atoms with Gasteiger partial charge in [0.05, 0.1) is 22.9 Å². The second kappa shape index (κ2) is 10.1. The molecule has 176 valence electrons. The Kier molecular flexibility index (Phi) is 7.15. The minimum absolute atomic E-state index is 0.233. The number of nitrogens with zero attached hydrogens (tertiary/aromatic N) is 1. The highest BCUT2D eigenvalue weighted by molar-refractivity contribution is 6.33. The maximum Gasteiger partial charge on any atom is 0.248 e. The lowest BCUT2D eigenvalue weighted by molar-refractivity contribution is 0.100. The smallest absolute Gasteiger partial charge is 0.248 e. The van der Waals surface area contributed by atoms with E-state index in [1.807, 2.05) is 18.2 Å². The Hall–Kier alpha value is -3.02. The van der Waals surface area contributed by atoms with Crippen molar-refractivity contribution in [1.82, 2.24) is 0 Å². The molecule has 4 rings (SSSR count). The van der Waals surface area contributed by atoms with E-state index >= 15 is 0 Å². The molecule has 3 aromatic carbocycles. The number of halogens is 3. The number of benzene rings is 3. The van der Waals surface area contributed by atoms with Crippen molar-refractivity contribution in [2.45, 2.75) is 19.3 Å². The van der Waals surface area contributed by atoms with Gasteiger partial charge in [0.2, 0.25) is 5.91 Å². The summed E-state index contributed by atoms with van der Waals surface area (Å²) in [6.07, 6.45) is 3.42. The largest absolute Gasteiger partial charge is 0.491 e. The molecular weight excluding hydrogens is 474 g/mol. The van der Waals surface area contributed by atoms with Gasteiger partial charge in [0.25, 0.3) is 0 Å². The second-order valence-corrected chi connectivity index (χ2v) is 9.24. The van der Waals surface area contributed by atoms with E-state index in [0.717, 1.165) is 12.0 Å². The molecule has 1 aliphatic rings. The summed E-state index contributed by atoms with van der Waals surface area (Å²) in [5.41, 5.74) is 8.57. The fourth-order valence-electron chi connectivity index (χ4n) is 3.80. The van der Waals surface area contributed by atoms with Gasteiger partial charge in [0.1, 0.15) is 11.6 Å². The lowest BCUT2D eigenvalue weighted by Gasteiger charge is -2.26. The van der Waals surface area contributed by atoms with E-state index in [1.54, 1.807) is 42.3 Å². The van der Waals surface area contributed by atoms with Gasteiger partial charge in [0, 0.05) is 28.9 Å². The van der Waals surface area contributed by atoms with Crippen LogP contribution in [0.5, 0.6) is 5.75 Å². The fourth-order valence-corrected chi connectivity index (χ4v) is 4.30. The summed E-state index contributed by atoms with van der Waals surface area (Å²) < 4.78 is 20.7. The molecule has 0 unspecified atom stereocenters. The molecule has 0 aliphatic heterocycles. The van der Waals surface area contributed by atoms with Gasteiger partial charge < -0.3 is 15.4 Å². The standard InChI is InChI=1S/C27H25Cl2FN2O2/c1-16(26-22(29)4-3-5-23(26)30)32(2)24-11-9-18(15-25(24)34-13-12-17-6-7-17)20-14-19(27(31)33)8-10-21(20)28/h3-5,8-11,14-15,17H,1,6-7,12-13H2,2H3,(H2,31,33). The van der Waals surface area contributed by atoms with Crippen LogP contribution in [-0.2, 0) is 0 Å². The van der Waals surface area contributed by atoms with Gasteiger partial charge in [-0.2, -0.15) is 0 Å². The SMILES string of the molecule is C=C(c1c(F)cccc1Cl)N(C)c1ccc(-c2cc(C(N)=O)ccc2Cl)cc1OCCC1CC1. The van der Waals surface area contributed by atoms with Crippen molar-refractivity contribution < 1.29 is 13.9 Å². The van der Waals surface area contributed by atoms with E-state index in [9.17, 15) is 9.18 Å². The number of primary amides is 1. The Morgan fingerprint density at radius 3 is 2.59 bits per heavy atom. The molecule has 0 saturated heterocycles. The molecule has 0 heterocycles. The lowest BCUT2D eigenvalue weighted by atomic mass is 10.0. The molecule has 1 aliphatic carbocycles. The third kappa shape index (κ3) is 5.21. The summed E-state index contributed by atoms with van der Waals surface area (Å²) in [6.45, 7) is 4.63. The third-order valence-corrected chi connectivity index (χ3v) is 6.66. The van der Waals surface area contributed by atoms with Crippen LogP contribution in [0.25, 0.3) is 16.8 Å². The molecule has 0 radical (unpaired) electrons. The molecule has 0 bridgehead atoms. The predicted octanol–water partition coefficient (Wildman–Crippen LogP) is 7.18. The zero-order valence-corrected chi connectivity index (χ0v) is 20.3. The summed E-state index contributed by atoms with van der Waals surface area (Å²) >= 11 is 12.7. The topological polar surface area (TPSA) is 55.6 Å². The van der Waals surface area contributed by atoms with Crippen LogP contribution in [0.2, 0.25) is 10.0 Å². The average Bonchev–Trinajstić information content (AvgIpc) is 3.63. The molecule has 4 nitrogen and oxygen atoms in total. The zero-order valence-electron chi connectivity index (χ0n) is 18.8. The molecule has 1 fully saturated rings. The summed E-state index contributed by atoms with van der Waals surface area (Å²) in [7, 11) is 1.79. The van der Waals surface area contributed by atoms with Crippen LogP contribution < -0.4 is 15.4 Å². The monoisotopic (exact) mass is 498 g/mol. The third-order valence-electron chi connectivity index (χ3n) is 6.02. The highest BCUT2D eigenvalue weighted by Gasteiger charge is 2.22. The highest BCUT2D eigenvalue weighted by atomic mass is 35.5. The zero-order chi connectivity index (χ0) is 24.4. The van der Waals surface area contributed by atoms with E-state index in [1.165, 1.54) is 18.9 Å². The molecule has 1 amide bonds. The number of anilines is 1. The van der Waals surface area contributed by atoms with Gasteiger partial charge >= 0.3 is 0 Å². The Morgan fingerprint density at radius 1 is 1.15 bits per heavy atom. The quantitative estimate of drug-likeness (QED) is 0.339. The van der Waals surface area contributed by atoms with Crippen LogP contribution in [0, 0.1) is 11.7 Å². The van der Waals surface area contributed by atoms with Crippen LogP contribution in [-0.4, -0.2) is 19.6 Å². The first-order valence-corrected chi connectivity index (χ1v) is 11.8. The van der Waals surface area contributed by atoms with Gasteiger partial charge in [-0.1, -0.05) is 54.8 Å². The minimum Gasteiger partial charge on any atom is -0.491 e. The number of hydrogen-bond donors (Lipinski definition) is 1. The van der Waals surface area contributed by atoms with Crippen molar-refractivity contribution in [2.24, 2.45) is 11.7 Å². The predicted molar refractivity (Wildman–Crippen MR) is 137 cm³/mol. The van der Waals surface area contributed by atoms with Crippen molar-refractivity contribution >= 4 is 40.5 Å². The normalized spacial score (nSPS) is 12.9. The second-order valence-electron chi connectivity index (χ2n) is 8.42. The summed E-state index contributed by atoms with van der Waals surface area (Å²) in [5, 5.41) is 0.761. The van der Waals surface area contributed by atoms with Gasteiger partial charge in [-0.05, 0) is 60.4 Å². The molecule has 0 aromatic heterocycles. The minimum atomic E-state index is -0.534. The van der Waals surface area contributed by atoms with Crippen LogP contribution in [0.4, 0.5) is 10.1 Å². The first-order chi connectivity index (χ1) is 16.3. The number of rotatable bonds is 9.